The van der Waals surface area contributed by atoms with Gasteiger partial charge in [0.15, 0.2) is 11.0 Å². The van der Waals surface area contributed by atoms with Crippen LogP contribution in [0, 0.1) is 0 Å². The van der Waals surface area contributed by atoms with Crippen molar-refractivity contribution in [1.29, 1.82) is 0 Å². The summed E-state index contributed by atoms with van der Waals surface area (Å²) in [5.74, 6) is 2.01. The van der Waals surface area contributed by atoms with Gasteiger partial charge in [0, 0.05) is 29.6 Å². The Kier molecular flexibility index (Phi) is 9.61. The molecule has 2 heterocycles. The third kappa shape index (κ3) is 7.82. The van der Waals surface area contributed by atoms with E-state index in [9.17, 15) is 18.0 Å². The third-order valence-corrected chi connectivity index (χ3v) is 8.51. The number of amides is 2. The van der Waals surface area contributed by atoms with E-state index in [4.69, 9.17) is 4.74 Å². The number of anilines is 1. The summed E-state index contributed by atoms with van der Waals surface area (Å²) in [7, 11) is 1.64. The number of carbonyl (C=O) groups excluding carboxylic acids is 1. The third-order valence-electron chi connectivity index (χ3n) is 7.45. The van der Waals surface area contributed by atoms with Crippen LogP contribution in [0.1, 0.15) is 51.2 Å². The van der Waals surface area contributed by atoms with Gasteiger partial charge in [-0.1, -0.05) is 55.9 Å². The number of halogens is 3. The average molecular weight is 653 g/mol. The van der Waals surface area contributed by atoms with Crippen LogP contribution in [0.3, 0.4) is 0 Å². The number of hydrogen-bond donors (Lipinski definition) is 1. The van der Waals surface area contributed by atoms with Crippen LogP contribution in [0.5, 0.6) is 11.5 Å². The topological polar surface area (TPSA) is 93.9 Å². The number of nitrogens with one attached hydrogen (secondary N) is 1. The van der Waals surface area contributed by atoms with Gasteiger partial charge >= 0.3 is 12.4 Å². The molecule has 13 heteroatoms. The number of thioether (sulfide) groups is 1. The second-order valence-electron chi connectivity index (χ2n) is 11.5. The maximum absolute atomic E-state index is 13.3. The van der Waals surface area contributed by atoms with Gasteiger partial charge in [-0.3, -0.25) is 0 Å². The van der Waals surface area contributed by atoms with Gasteiger partial charge in [0.05, 0.1) is 18.3 Å². The quantitative estimate of drug-likeness (QED) is 0.207. The van der Waals surface area contributed by atoms with Crippen molar-refractivity contribution in [1.82, 2.24) is 20.1 Å². The molecule has 0 saturated carbocycles. The lowest BCUT2D eigenvalue weighted by Gasteiger charge is -2.32. The number of benzene rings is 3. The van der Waals surface area contributed by atoms with Crippen LogP contribution in [-0.4, -0.2) is 51.7 Å². The minimum atomic E-state index is -4.76. The molecule has 0 spiro atoms. The molecule has 5 rings (SSSR count). The van der Waals surface area contributed by atoms with E-state index in [1.807, 2.05) is 50.2 Å². The summed E-state index contributed by atoms with van der Waals surface area (Å²) in [5, 5.41) is 8.16. The first-order valence-corrected chi connectivity index (χ1v) is 15.7. The Bertz CT molecular complexity index is 1700. The van der Waals surface area contributed by atoms with E-state index in [-0.39, 0.29) is 11.7 Å². The fraction of sp³-hybridized carbons (Fsp3) is 0.333. The van der Waals surface area contributed by atoms with Gasteiger partial charge in [-0.15, -0.1) is 18.3 Å². The van der Waals surface area contributed by atoms with Crippen LogP contribution < -0.4 is 19.7 Å². The zero-order valence-electron chi connectivity index (χ0n) is 26.1. The SMILES string of the molecule is COc1ccc(C(C)C)c(N2CCCS/C2=N\C(=O)NC(C)(C)c2ccc(-c3ncn(-c4ccc(OC(F)(F)F)cc4)n3)cc2)c1. The van der Waals surface area contributed by atoms with Gasteiger partial charge in [0.25, 0.3) is 0 Å². The number of alkyl halides is 3. The van der Waals surface area contributed by atoms with E-state index < -0.39 is 17.9 Å². The van der Waals surface area contributed by atoms with Crippen LogP contribution in [0.4, 0.5) is 23.7 Å². The predicted molar refractivity (Wildman–Crippen MR) is 174 cm³/mol. The molecule has 1 N–H and O–H groups in total. The number of aliphatic imine (C=N–C) groups is 1. The van der Waals surface area contributed by atoms with Crippen LogP contribution >= 0.6 is 11.8 Å². The number of nitrogens with zero attached hydrogens (tertiary/aromatic N) is 5. The van der Waals surface area contributed by atoms with Gasteiger partial charge < -0.3 is 19.7 Å². The van der Waals surface area contributed by atoms with Crippen molar-refractivity contribution in [3.05, 3.63) is 84.2 Å². The molecule has 1 aliphatic heterocycles. The van der Waals surface area contributed by atoms with Crippen molar-refractivity contribution in [3.8, 4) is 28.6 Å². The Morgan fingerprint density at radius 2 is 1.72 bits per heavy atom. The number of methoxy groups -OCH3 is 1. The molecule has 0 radical (unpaired) electrons. The fourth-order valence-corrected chi connectivity index (χ4v) is 6.01. The Balaban J connectivity index is 1.29. The van der Waals surface area contributed by atoms with E-state index in [2.05, 4.69) is 49.9 Å². The summed E-state index contributed by atoms with van der Waals surface area (Å²) >= 11 is 1.56. The van der Waals surface area contributed by atoms with Gasteiger partial charge in [-0.05, 0) is 67.6 Å². The molecule has 46 heavy (non-hydrogen) atoms. The Morgan fingerprint density at radius 1 is 1.02 bits per heavy atom. The second-order valence-corrected chi connectivity index (χ2v) is 12.6. The Labute approximate surface area is 269 Å². The molecule has 2 amide bonds. The van der Waals surface area contributed by atoms with Crippen LogP contribution in [0.25, 0.3) is 17.1 Å². The fourth-order valence-electron chi connectivity index (χ4n) is 5.06. The van der Waals surface area contributed by atoms with E-state index in [1.54, 1.807) is 18.9 Å². The molecule has 3 aromatic carbocycles. The van der Waals surface area contributed by atoms with Gasteiger partial charge in [0.2, 0.25) is 0 Å². The highest BCUT2D eigenvalue weighted by atomic mass is 32.2. The van der Waals surface area contributed by atoms with Crippen LogP contribution in [-0.2, 0) is 5.54 Å². The van der Waals surface area contributed by atoms with Gasteiger partial charge in [-0.2, -0.15) is 4.99 Å². The molecular formula is C33H35F3N6O3S. The number of ether oxygens (including phenoxy) is 2. The van der Waals surface area contributed by atoms with E-state index in [0.29, 0.717) is 16.7 Å². The van der Waals surface area contributed by atoms with E-state index >= 15 is 0 Å². The van der Waals surface area contributed by atoms with Crippen molar-refractivity contribution >= 4 is 28.6 Å². The highest BCUT2D eigenvalue weighted by molar-refractivity contribution is 8.14. The van der Waals surface area contributed by atoms with Crippen LogP contribution in [0.2, 0.25) is 0 Å². The predicted octanol–water partition coefficient (Wildman–Crippen LogP) is 7.91. The first kappa shape index (κ1) is 32.9. The number of rotatable bonds is 8. The van der Waals surface area contributed by atoms with Gasteiger partial charge in [0.1, 0.15) is 17.8 Å². The Hall–Kier alpha value is -4.52. The molecule has 1 aliphatic rings. The Morgan fingerprint density at radius 3 is 2.37 bits per heavy atom. The van der Waals surface area contributed by atoms with E-state index in [0.717, 1.165) is 46.8 Å². The monoisotopic (exact) mass is 652 g/mol. The lowest BCUT2D eigenvalue weighted by molar-refractivity contribution is -0.274. The average Bonchev–Trinajstić information content (AvgIpc) is 3.51. The van der Waals surface area contributed by atoms with Crippen LogP contribution in [0.15, 0.2) is 78.0 Å². The number of hydrogen-bond acceptors (Lipinski definition) is 6. The number of amidine groups is 1. The minimum absolute atomic E-state index is 0.280. The standard InChI is InChI=1S/C33H35F3N6O3S/c1-21(2)27-16-15-26(44-5)19-28(27)41-17-6-18-46-31(41)38-30(43)39-32(3,4)23-9-7-22(8-10-23)29-37-20-42(40-29)24-11-13-25(14-12-24)45-33(34,35)36/h7-16,19-21H,6,17-18H2,1-5H3,(H,39,43)/b38-31-. The minimum Gasteiger partial charge on any atom is -0.497 e. The smallest absolute Gasteiger partial charge is 0.497 e. The summed E-state index contributed by atoms with van der Waals surface area (Å²) in [5.41, 5.74) is 3.52. The molecule has 1 fully saturated rings. The molecular weight excluding hydrogens is 617 g/mol. The molecule has 1 saturated heterocycles. The molecule has 4 aromatic rings. The number of aromatic nitrogens is 3. The first-order chi connectivity index (χ1) is 21.8. The molecule has 0 aliphatic carbocycles. The lowest BCUT2D eigenvalue weighted by atomic mass is 9.93. The maximum Gasteiger partial charge on any atom is 0.573 e. The molecule has 9 nitrogen and oxygen atoms in total. The van der Waals surface area contributed by atoms with Crippen molar-refractivity contribution < 1.29 is 27.4 Å². The zero-order valence-corrected chi connectivity index (χ0v) is 26.9. The normalized spacial score (nSPS) is 14.9. The van der Waals surface area contributed by atoms with Crippen molar-refractivity contribution in [2.24, 2.45) is 4.99 Å². The van der Waals surface area contributed by atoms with Crippen molar-refractivity contribution in [3.63, 3.8) is 0 Å². The molecule has 1 aromatic heterocycles. The molecule has 0 atom stereocenters. The molecule has 0 unspecified atom stereocenters. The van der Waals surface area contributed by atoms with Gasteiger partial charge in [-0.25, -0.2) is 14.5 Å². The van der Waals surface area contributed by atoms with Crippen molar-refractivity contribution in [2.45, 2.75) is 51.9 Å². The lowest BCUT2D eigenvalue weighted by Crippen LogP contribution is -2.41. The number of carbonyl (C=O) groups is 1. The zero-order chi connectivity index (χ0) is 33.1. The maximum atomic E-state index is 13.3. The summed E-state index contributed by atoms with van der Waals surface area (Å²) in [6, 6.07) is 18.4. The summed E-state index contributed by atoms with van der Waals surface area (Å²) in [6.07, 6.45) is -2.31. The first-order valence-electron chi connectivity index (χ1n) is 14.7. The van der Waals surface area contributed by atoms with Crippen molar-refractivity contribution in [2.75, 3.05) is 24.3 Å². The van der Waals surface area contributed by atoms with E-state index in [1.165, 1.54) is 35.3 Å². The molecule has 0 bridgehead atoms. The highest BCUT2D eigenvalue weighted by Gasteiger charge is 2.31. The molecule has 242 valence electrons. The summed E-state index contributed by atoms with van der Waals surface area (Å²) in [4.78, 5) is 24.2. The highest BCUT2D eigenvalue weighted by Crippen LogP contribution is 2.35. The number of urea groups is 1. The largest absolute Gasteiger partial charge is 0.573 e. The second kappa shape index (κ2) is 13.5. The summed E-state index contributed by atoms with van der Waals surface area (Å²) < 4.78 is 48.3. The summed E-state index contributed by atoms with van der Waals surface area (Å²) in [6.45, 7) is 8.84.